The second kappa shape index (κ2) is 6.50. The Morgan fingerprint density at radius 1 is 1.40 bits per heavy atom. The van der Waals surface area contributed by atoms with Crippen molar-refractivity contribution in [3.8, 4) is 0 Å². The number of carboxylic acid groups (broad SMARTS) is 1. The Hall–Kier alpha value is -0.970. The summed E-state index contributed by atoms with van der Waals surface area (Å²) in [7, 11) is 0. The lowest BCUT2D eigenvalue weighted by atomic mass is 10.1. The van der Waals surface area contributed by atoms with Crippen molar-refractivity contribution in [1.29, 1.82) is 0 Å². The Bertz CT molecular complexity index is 257. The summed E-state index contributed by atoms with van der Waals surface area (Å²) in [6, 6.07) is 0. The molecule has 0 aromatic heterocycles. The first-order chi connectivity index (χ1) is 7.20. The van der Waals surface area contributed by atoms with Gasteiger partial charge in [-0.3, -0.25) is 9.59 Å². The van der Waals surface area contributed by atoms with Crippen molar-refractivity contribution in [3.63, 3.8) is 0 Å². The topological polar surface area (TPSA) is 66.4 Å². The van der Waals surface area contributed by atoms with E-state index in [1.807, 2.05) is 12.2 Å². The Labute approximate surface area is 93.1 Å². The molecule has 0 spiro atoms. The molecule has 0 saturated carbocycles. The van der Waals surface area contributed by atoms with Crippen LogP contribution in [-0.2, 0) is 9.59 Å². The number of allylic oxidation sites excluding steroid dienone is 2. The zero-order chi connectivity index (χ0) is 11.1. The lowest BCUT2D eigenvalue weighted by Gasteiger charge is -2.09. The normalized spacial score (nSPS) is 15.5. The average Bonchev–Trinajstić information content (AvgIpc) is 2.69. The highest BCUT2D eigenvalue weighted by atomic mass is 32.2. The van der Waals surface area contributed by atoms with Gasteiger partial charge in [-0.1, -0.05) is 12.2 Å². The van der Waals surface area contributed by atoms with Crippen molar-refractivity contribution in [2.24, 2.45) is 5.92 Å². The minimum Gasteiger partial charge on any atom is -0.481 e. The third kappa shape index (κ3) is 4.88. The number of hydrogen-bond donors (Lipinski definition) is 2. The molecule has 0 atom stereocenters. The Balaban J connectivity index is 1.99. The molecule has 0 bridgehead atoms. The minimum absolute atomic E-state index is 0.0796. The molecule has 1 rings (SSSR count). The van der Waals surface area contributed by atoms with Gasteiger partial charge >= 0.3 is 5.97 Å². The van der Waals surface area contributed by atoms with Crippen molar-refractivity contribution in [2.75, 3.05) is 18.1 Å². The van der Waals surface area contributed by atoms with E-state index in [0.29, 0.717) is 12.3 Å². The number of carbonyl (C=O) groups is 2. The molecule has 0 aliphatic heterocycles. The van der Waals surface area contributed by atoms with E-state index < -0.39 is 5.97 Å². The van der Waals surface area contributed by atoms with Gasteiger partial charge in [0.15, 0.2) is 0 Å². The molecule has 15 heavy (non-hydrogen) atoms. The van der Waals surface area contributed by atoms with Crippen molar-refractivity contribution in [3.05, 3.63) is 12.2 Å². The van der Waals surface area contributed by atoms with Crippen molar-refractivity contribution >= 4 is 23.6 Å². The number of nitrogens with one attached hydrogen (secondary N) is 1. The molecule has 0 fully saturated rings. The van der Waals surface area contributed by atoms with E-state index in [1.54, 1.807) is 0 Å². The zero-order valence-corrected chi connectivity index (χ0v) is 9.26. The summed E-state index contributed by atoms with van der Waals surface area (Å²) >= 11 is 1.32. The predicted octanol–water partition coefficient (Wildman–Crippen LogP) is 0.887. The van der Waals surface area contributed by atoms with Crippen LogP contribution in [-0.4, -0.2) is 35.0 Å². The van der Waals surface area contributed by atoms with Gasteiger partial charge in [0.2, 0.25) is 5.91 Å². The van der Waals surface area contributed by atoms with E-state index in [-0.39, 0.29) is 17.6 Å². The first-order valence-corrected chi connectivity index (χ1v) is 6.08. The molecule has 0 unspecified atom stereocenters. The van der Waals surface area contributed by atoms with Crippen LogP contribution in [0.25, 0.3) is 0 Å². The van der Waals surface area contributed by atoms with Gasteiger partial charge in [-0.2, -0.15) is 0 Å². The Kier molecular flexibility index (Phi) is 5.25. The van der Waals surface area contributed by atoms with Crippen molar-refractivity contribution in [2.45, 2.75) is 12.8 Å². The number of thioether (sulfide) groups is 1. The molecule has 4 nitrogen and oxygen atoms in total. The van der Waals surface area contributed by atoms with E-state index in [4.69, 9.17) is 5.11 Å². The quantitative estimate of drug-likeness (QED) is 0.524. The molecular weight excluding hydrogens is 214 g/mol. The fourth-order valence-corrected chi connectivity index (χ4v) is 1.95. The number of carboxylic acids is 1. The van der Waals surface area contributed by atoms with Gasteiger partial charge in [-0.25, -0.2) is 0 Å². The number of hydrogen-bond acceptors (Lipinski definition) is 3. The second-order valence-electron chi connectivity index (χ2n) is 3.38. The molecule has 0 saturated heterocycles. The summed E-state index contributed by atoms with van der Waals surface area (Å²) in [5.74, 6) is 0.107. The van der Waals surface area contributed by atoms with Gasteiger partial charge in [-0.15, -0.1) is 11.8 Å². The highest BCUT2D eigenvalue weighted by Crippen LogP contribution is 2.17. The standard InChI is InChI=1S/C10H15NO3S/c12-9(13)7-15-6-5-11-10(14)8-3-1-2-4-8/h1-2,8H,3-7H2,(H,11,14)(H,12,13). The Morgan fingerprint density at radius 3 is 2.67 bits per heavy atom. The van der Waals surface area contributed by atoms with Gasteiger partial charge in [0.05, 0.1) is 5.75 Å². The summed E-state index contributed by atoms with van der Waals surface area (Å²) in [5, 5.41) is 11.2. The molecule has 84 valence electrons. The maximum absolute atomic E-state index is 11.5. The SMILES string of the molecule is O=C(O)CSCCNC(=O)C1CC=CC1. The van der Waals surface area contributed by atoms with E-state index in [9.17, 15) is 9.59 Å². The van der Waals surface area contributed by atoms with E-state index in [2.05, 4.69) is 5.32 Å². The molecular formula is C10H15NO3S. The third-order valence-corrected chi connectivity index (χ3v) is 3.09. The number of aliphatic carboxylic acids is 1. The molecule has 0 heterocycles. The van der Waals surface area contributed by atoms with Gasteiger partial charge in [-0.05, 0) is 12.8 Å². The van der Waals surface area contributed by atoms with Gasteiger partial charge in [0, 0.05) is 18.2 Å². The summed E-state index contributed by atoms with van der Waals surface area (Å²) in [5.41, 5.74) is 0. The van der Waals surface area contributed by atoms with E-state index >= 15 is 0 Å². The number of rotatable bonds is 6. The Morgan fingerprint density at radius 2 is 2.07 bits per heavy atom. The zero-order valence-electron chi connectivity index (χ0n) is 8.44. The minimum atomic E-state index is -0.814. The van der Waals surface area contributed by atoms with Gasteiger partial charge < -0.3 is 10.4 Å². The van der Waals surface area contributed by atoms with E-state index in [0.717, 1.165) is 12.8 Å². The fraction of sp³-hybridized carbons (Fsp3) is 0.600. The van der Waals surface area contributed by atoms with Crippen LogP contribution in [0.3, 0.4) is 0 Å². The summed E-state index contributed by atoms with van der Waals surface area (Å²) in [4.78, 5) is 21.7. The van der Waals surface area contributed by atoms with Gasteiger partial charge in [0.25, 0.3) is 0 Å². The molecule has 2 N–H and O–H groups in total. The first kappa shape index (κ1) is 12.1. The lowest BCUT2D eigenvalue weighted by Crippen LogP contribution is -2.31. The molecule has 0 aromatic carbocycles. The van der Waals surface area contributed by atoms with Gasteiger partial charge in [0.1, 0.15) is 0 Å². The largest absolute Gasteiger partial charge is 0.481 e. The molecule has 1 aliphatic rings. The molecule has 0 aromatic rings. The summed E-state index contributed by atoms with van der Waals surface area (Å²) in [6.45, 7) is 0.549. The van der Waals surface area contributed by atoms with Crippen LogP contribution in [0.5, 0.6) is 0 Å². The van der Waals surface area contributed by atoms with Crippen molar-refractivity contribution in [1.82, 2.24) is 5.32 Å². The first-order valence-electron chi connectivity index (χ1n) is 4.92. The number of carbonyl (C=O) groups excluding carboxylic acids is 1. The molecule has 5 heteroatoms. The van der Waals surface area contributed by atoms with Crippen LogP contribution in [0.2, 0.25) is 0 Å². The second-order valence-corrected chi connectivity index (χ2v) is 4.48. The van der Waals surface area contributed by atoms with Crippen LogP contribution >= 0.6 is 11.8 Å². The summed E-state index contributed by atoms with van der Waals surface area (Å²) in [6.07, 6.45) is 5.69. The van der Waals surface area contributed by atoms with Crippen LogP contribution in [0.4, 0.5) is 0 Å². The molecule has 1 aliphatic carbocycles. The van der Waals surface area contributed by atoms with Crippen LogP contribution in [0.1, 0.15) is 12.8 Å². The summed E-state index contributed by atoms with van der Waals surface area (Å²) < 4.78 is 0. The number of amides is 1. The maximum Gasteiger partial charge on any atom is 0.313 e. The third-order valence-electron chi connectivity index (χ3n) is 2.15. The van der Waals surface area contributed by atoms with Crippen LogP contribution in [0.15, 0.2) is 12.2 Å². The lowest BCUT2D eigenvalue weighted by molar-refractivity contribution is -0.134. The highest BCUT2D eigenvalue weighted by Gasteiger charge is 2.18. The molecule has 0 radical (unpaired) electrons. The van der Waals surface area contributed by atoms with Crippen molar-refractivity contribution < 1.29 is 14.7 Å². The highest BCUT2D eigenvalue weighted by molar-refractivity contribution is 7.99. The average molecular weight is 229 g/mol. The van der Waals surface area contributed by atoms with Crippen LogP contribution < -0.4 is 5.32 Å². The maximum atomic E-state index is 11.5. The van der Waals surface area contributed by atoms with Crippen LogP contribution in [0, 0.1) is 5.92 Å². The molecule has 1 amide bonds. The fourth-order valence-electron chi connectivity index (χ4n) is 1.38. The van der Waals surface area contributed by atoms with E-state index in [1.165, 1.54) is 11.8 Å². The smallest absolute Gasteiger partial charge is 0.313 e. The monoisotopic (exact) mass is 229 g/mol. The predicted molar refractivity (Wildman–Crippen MR) is 59.8 cm³/mol.